The van der Waals surface area contributed by atoms with Gasteiger partial charge in [-0.25, -0.2) is 9.37 Å². The Labute approximate surface area is 126 Å². The second-order valence-electron chi connectivity index (χ2n) is 6.02. The third kappa shape index (κ3) is 2.48. The summed E-state index contributed by atoms with van der Waals surface area (Å²) < 4.78 is 13.9. The lowest BCUT2D eigenvalue weighted by atomic mass is 9.77. The quantitative estimate of drug-likeness (QED) is 0.834. The summed E-state index contributed by atoms with van der Waals surface area (Å²) in [7, 11) is 0. The third-order valence-electron chi connectivity index (χ3n) is 3.58. The maximum absolute atomic E-state index is 13.9. The van der Waals surface area contributed by atoms with E-state index in [-0.39, 0.29) is 11.2 Å². The molecule has 3 rings (SSSR count). The molecule has 0 aliphatic heterocycles. The maximum Gasteiger partial charge on any atom is 0.133 e. The van der Waals surface area contributed by atoms with Crippen molar-refractivity contribution >= 4 is 22.9 Å². The number of aromatic nitrogens is 1. The minimum Gasteiger partial charge on any atom is -0.387 e. The van der Waals surface area contributed by atoms with Crippen molar-refractivity contribution in [2.24, 2.45) is 5.41 Å². The van der Waals surface area contributed by atoms with Crippen LogP contribution < -0.4 is 0 Å². The van der Waals surface area contributed by atoms with Crippen LogP contribution in [-0.2, 0) is 6.42 Å². The van der Waals surface area contributed by atoms with Crippen molar-refractivity contribution in [3.05, 3.63) is 39.6 Å². The molecular weight excluding hydrogens is 297 g/mol. The van der Waals surface area contributed by atoms with Crippen molar-refractivity contribution in [2.45, 2.75) is 32.8 Å². The minimum atomic E-state index is -0.512. The van der Waals surface area contributed by atoms with Crippen molar-refractivity contribution in [3.63, 3.8) is 0 Å². The SMILES string of the molecule is CC1(C)Cc2nc(-c3cc(Cl)ccc3F)sc2C(O)C1. The summed E-state index contributed by atoms with van der Waals surface area (Å²) in [6.45, 7) is 4.22. The van der Waals surface area contributed by atoms with Crippen molar-refractivity contribution in [2.75, 3.05) is 0 Å². The molecule has 2 nitrogen and oxygen atoms in total. The monoisotopic (exact) mass is 311 g/mol. The minimum absolute atomic E-state index is 0.0185. The highest BCUT2D eigenvalue weighted by atomic mass is 35.5. The Balaban J connectivity index is 2.08. The lowest BCUT2D eigenvalue weighted by Gasteiger charge is -2.31. The fourth-order valence-corrected chi connectivity index (χ4v) is 3.93. The number of hydrogen-bond acceptors (Lipinski definition) is 3. The van der Waals surface area contributed by atoms with Crippen molar-refractivity contribution < 1.29 is 9.50 Å². The van der Waals surface area contributed by atoms with E-state index in [1.165, 1.54) is 23.5 Å². The van der Waals surface area contributed by atoms with Crippen LogP contribution in [0.4, 0.5) is 4.39 Å². The van der Waals surface area contributed by atoms with Gasteiger partial charge < -0.3 is 5.11 Å². The molecule has 1 unspecified atom stereocenters. The molecule has 1 atom stereocenters. The average molecular weight is 312 g/mol. The van der Waals surface area contributed by atoms with Crippen molar-refractivity contribution in [3.8, 4) is 10.6 Å². The Morgan fingerprint density at radius 1 is 1.45 bits per heavy atom. The highest BCUT2D eigenvalue weighted by Gasteiger charge is 2.34. The summed E-state index contributed by atoms with van der Waals surface area (Å²) in [6, 6.07) is 4.45. The van der Waals surface area contributed by atoms with Gasteiger partial charge in [0, 0.05) is 10.6 Å². The molecule has 1 aliphatic rings. The lowest BCUT2D eigenvalue weighted by molar-refractivity contribution is 0.102. The zero-order chi connectivity index (χ0) is 14.5. The van der Waals surface area contributed by atoms with E-state index in [9.17, 15) is 9.50 Å². The van der Waals surface area contributed by atoms with E-state index in [2.05, 4.69) is 18.8 Å². The van der Waals surface area contributed by atoms with E-state index >= 15 is 0 Å². The lowest BCUT2D eigenvalue weighted by Crippen LogP contribution is -2.24. The van der Waals surface area contributed by atoms with Gasteiger partial charge >= 0.3 is 0 Å². The van der Waals surface area contributed by atoms with Gasteiger partial charge in [0.2, 0.25) is 0 Å². The smallest absolute Gasteiger partial charge is 0.133 e. The number of fused-ring (bicyclic) bond motifs is 1. The second-order valence-corrected chi connectivity index (χ2v) is 7.48. The summed E-state index contributed by atoms with van der Waals surface area (Å²) in [5.41, 5.74) is 1.31. The van der Waals surface area contributed by atoms with E-state index in [1.807, 2.05) is 0 Å². The standard InChI is InChI=1S/C15H15ClFNOS/c1-15(2)6-11-13(12(19)7-15)20-14(18-11)9-5-8(16)3-4-10(9)17/h3-5,12,19H,6-7H2,1-2H3. The van der Waals surface area contributed by atoms with Gasteiger partial charge in [0.25, 0.3) is 0 Å². The molecular formula is C15H15ClFNOS. The maximum atomic E-state index is 13.9. The summed E-state index contributed by atoms with van der Waals surface area (Å²) in [5, 5.41) is 11.3. The highest BCUT2D eigenvalue weighted by Crippen LogP contribution is 2.45. The molecule has 2 aromatic rings. The molecule has 1 aromatic carbocycles. The molecule has 0 saturated carbocycles. The number of aliphatic hydroxyl groups is 1. The van der Waals surface area contributed by atoms with Gasteiger partial charge in [-0.1, -0.05) is 25.4 Å². The third-order valence-corrected chi connectivity index (χ3v) is 5.05. The molecule has 0 spiro atoms. The molecule has 1 N–H and O–H groups in total. The Bertz CT molecular complexity index is 668. The first-order chi connectivity index (χ1) is 9.35. The predicted octanol–water partition coefficient (Wildman–Crippen LogP) is 4.61. The van der Waals surface area contributed by atoms with Crippen molar-refractivity contribution in [1.29, 1.82) is 0 Å². The fraction of sp³-hybridized carbons (Fsp3) is 0.400. The molecule has 1 aromatic heterocycles. The molecule has 5 heteroatoms. The van der Waals surface area contributed by atoms with Crippen LogP contribution in [0.3, 0.4) is 0 Å². The zero-order valence-electron chi connectivity index (χ0n) is 11.3. The first-order valence-corrected chi connectivity index (χ1v) is 7.68. The predicted molar refractivity (Wildman–Crippen MR) is 79.6 cm³/mol. The van der Waals surface area contributed by atoms with Gasteiger partial charge in [0.15, 0.2) is 0 Å². The molecule has 20 heavy (non-hydrogen) atoms. The van der Waals surface area contributed by atoms with E-state index < -0.39 is 6.10 Å². The van der Waals surface area contributed by atoms with Gasteiger partial charge in [-0.15, -0.1) is 11.3 Å². The Hall–Kier alpha value is -0.970. The van der Waals surface area contributed by atoms with Crippen LogP contribution in [0.5, 0.6) is 0 Å². The van der Waals surface area contributed by atoms with E-state index in [1.54, 1.807) is 6.07 Å². The van der Waals surface area contributed by atoms with Crippen LogP contribution in [0.15, 0.2) is 18.2 Å². The van der Waals surface area contributed by atoms with Crippen LogP contribution >= 0.6 is 22.9 Å². The van der Waals surface area contributed by atoms with Crippen molar-refractivity contribution in [1.82, 2.24) is 4.98 Å². The zero-order valence-corrected chi connectivity index (χ0v) is 12.9. The molecule has 1 heterocycles. The summed E-state index contributed by atoms with van der Waals surface area (Å²) in [5.74, 6) is -0.339. The fourth-order valence-electron chi connectivity index (χ4n) is 2.67. The summed E-state index contributed by atoms with van der Waals surface area (Å²) >= 11 is 7.29. The molecule has 0 saturated heterocycles. The number of rotatable bonds is 1. The first kappa shape index (κ1) is 14.0. The van der Waals surface area contributed by atoms with Gasteiger partial charge in [0.1, 0.15) is 10.8 Å². The molecule has 1 aliphatic carbocycles. The average Bonchev–Trinajstić information content (AvgIpc) is 2.74. The van der Waals surface area contributed by atoms with E-state index in [0.29, 0.717) is 22.0 Å². The van der Waals surface area contributed by atoms with Gasteiger partial charge in [-0.3, -0.25) is 0 Å². The highest BCUT2D eigenvalue weighted by molar-refractivity contribution is 7.15. The Morgan fingerprint density at radius 2 is 2.20 bits per heavy atom. The molecule has 0 bridgehead atoms. The number of benzene rings is 1. The molecule has 0 radical (unpaired) electrons. The number of thiazole rings is 1. The van der Waals surface area contributed by atoms with Gasteiger partial charge in [0.05, 0.1) is 16.7 Å². The second kappa shape index (κ2) is 4.79. The van der Waals surface area contributed by atoms with Crippen LogP contribution in [-0.4, -0.2) is 10.1 Å². The Kier molecular flexibility index (Phi) is 3.35. The van der Waals surface area contributed by atoms with E-state index in [0.717, 1.165) is 17.0 Å². The first-order valence-electron chi connectivity index (χ1n) is 6.49. The van der Waals surface area contributed by atoms with Gasteiger partial charge in [-0.05, 0) is 36.5 Å². The molecule has 0 fully saturated rings. The molecule has 106 valence electrons. The Morgan fingerprint density at radius 3 is 2.95 bits per heavy atom. The van der Waals surface area contributed by atoms with Crippen LogP contribution in [0.1, 0.15) is 36.9 Å². The van der Waals surface area contributed by atoms with E-state index in [4.69, 9.17) is 11.6 Å². The number of hydrogen-bond donors (Lipinski definition) is 1. The largest absolute Gasteiger partial charge is 0.387 e. The summed E-state index contributed by atoms with van der Waals surface area (Å²) in [4.78, 5) is 5.39. The topological polar surface area (TPSA) is 33.1 Å². The molecule has 0 amide bonds. The van der Waals surface area contributed by atoms with Crippen LogP contribution in [0.25, 0.3) is 10.6 Å². The number of nitrogens with zero attached hydrogens (tertiary/aromatic N) is 1. The number of aliphatic hydroxyl groups excluding tert-OH is 1. The van der Waals surface area contributed by atoms with Crippen LogP contribution in [0.2, 0.25) is 5.02 Å². The normalized spacial score (nSPS) is 20.8. The van der Waals surface area contributed by atoms with Crippen LogP contribution in [0, 0.1) is 11.2 Å². The number of halogens is 2. The summed E-state index contributed by atoms with van der Waals surface area (Å²) in [6.07, 6.45) is 1.000. The van der Waals surface area contributed by atoms with Gasteiger partial charge in [-0.2, -0.15) is 0 Å².